The van der Waals surface area contributed by atoms with Gasteiger partial charge in [0.25, 0.3) is 5.91 Å². The quantitative estimate of drug-likeness (QED) is 0.803. The van der Waals surface area contributed by atoms with Gasteiger partial charge in [0.05, 0.1) is 0 Å². The van der Waals surface area contributed by atoms with Crippen LogP contribution >= 0.6 is 23.4 Å². The highest BCUT2D eigenvalue weighted by atomic mass is 35.5. The molecule has 1 N–H and O–H groups in total. The molecule has 0 spiro atoms. The Hall–Kier alpha value is -1.46. The second kappa shape index (κ2) is 8.77. The fraction of sp³-hybridized carbons (Fsp3) is 0.474. The molecule has 1 aliphatic heterocycles. The first kappa shape index (κ1) is 18.3. The van der Waals surface area contributed by atoms with E-state index in [4.69, 9.17) is 11.6 Å². The molecule has 2 heterocycles. The maximum atomic E-state index is 12.9. The van der Waals surface area contributed by atoms with Crippen molar-refractivity contribution >= 4 is 29.3 Å². The van der Waals surface area contributed by atoms with Crippen molar-refractivity contribution in [2.75, 3.05) is 18.1 Å². The van der Waals surface area contributed by atoms with E-state index < -0.39 is 0 Å². The Morgan fingerprint density at radius 3 is 2.80 bits per heavy atom. The van der Waals surface area contributed by atoms with E-state index in [1.165, 1.54) is 24.3 Å². The fourth-order valence-corrected chi connectivity index (χ4v) is 4.55. The van der Waals surface area contributed by atoms with Crippen molar-refractivity contribution in [1.82, 2.24) is 15.1 Å². The smallest absolute Gasteiger partial charge is 0.274 e. The van der Waals surface area contributed by atoms with Gasteiger partial charge in [-0.05, 0) is 61.3 Å². The molecule has 134 valence electrons. The van der Waals surface area contributed by atoms with Crippen LogP contribution in [0.4, 0.5) is 0 Å². The van der Waals surface area contributed by atoms with E-state index in [-0.39, 0.29) is 5.91 Å². The van der Waals surface area contributed by atoms with Crippen LogP contribution < -0.4 is 0 Å². The lowest BCUT2D eigenvalue weighted by Crippen LogP contribution is -2.33. The van der Waals surface area contributed by atoms with Crippen molar-refractivity contribution in [2.45, 2.75) is 32.7 Å². The number of nitrogens with zero attached hydrogens (tertiary/aromatic N) is 2. The first-order valence-electron chi connectivity index (χ1n) is 8.76. The van der Waals surface area contributed by atoms with Gasteiger partial charge < -0.3 is 4.90 Å². The molecule has 0 unspecified atom stereocenters. The van der Waals surface area contributed by atoms with Gasteiger partial charge in [0.1, 0.15) is 5.69 Å². The van der Waals surface area contributed by atoms with Crippen LogP contribution in [-0.4, -0.2) is 39.1 Å². The van der Waals surface area contributed by atoms with E-state index in [9.17, 15) is 4.79 Å². The van der Waals surface area contributed by atoms with Crippen molar-refractivity contribution in [2.24, 2.45) is 5.92 Å². The number of hydrogen-bond acceptors (Lipinski definition) is 3. The predicted octanol–water partition coefficient (Wildman–Crippen LogP) is 4.55. The van der Waals surface area contributed by atoms with Crippen molar-refractivity contribution in [3.8, 4) is 0 Å². The summed E-state index contributed by atoms with van der Waals surface area (Å²) in [6.07, 6.45) is 3.54. The van der Waals surface area contributed by atoms with Gasteiger partial charge in [-0.2, -0.15) is 16.9 Å². The van der Waals surface area contributed by atoms with Gasteiger partial charge in [0.2, 0.25) is 0 Å². The summed E-state index contributed by atoms with van der Waals surface area (Å²) in [5, 5.41) is 7.70. The molecule has 6 heteroatoms. The summed E-state index contributed by atoms with van der Waals surface area (Å²) in [6.45, 7) is 3.17. The summed E-state index contributed by atoms with van der Waals surface area (Å²) in [4.78, 5) is 14.8. The molecular formula is C19H24ClN3OS. The van der Waals surface area contributed by atoms with E-state index in [1.54, 1.807) is 6.07 Å². The molecule has 1 aromatic carbocycles. The summed E-state index contributed by atoms with van der Waals surface area (Å²) in [6, 6.07) is 9.53. The number of hydrogen-bond donors (Lipinski definition) is 1. The first-order chi connectivity index (χ1) is 12.1. The standard InChI is InChI=1S/C19H24ClN3OS/c1-14-12-18(22-21-14)19(24)23(9-6-15-7-10-25-11-8-15)13-16-4-2-3-5-17(16)20/h2-5,12,15H,6-11,13H2,1H3,(H,21,22). The van der Waals surface area contributed by atoms with Gasteiger partial charge in [-0.15, -0.1) is 0 Å². The number of aryl methyl sites for hydroxylation is 1. The number of benzene rings is 1. The predicted molar refractivity (Wildman–Crippen MR) is 104 cm³/mol. The normalized spacial score (nSPS) is 15.3. The molecule has 1 aliphatic rings. The van der Waals surface area contributed by atoms with Crippen LogP contribution in [-0.2, 0) is 6.54 Å². The maximum Gasteiger partial charge on any atom is 0.274 e. The number of nitrogens with one attached hydrogen (secondary N) is 1. The number of carbonyl (C=O) groups excluding carboxylic acids is 1. The maximum absolute atomic E-state index is 12.9. The second-order valence-electron chi connectivity index (χ2n) is 6.60. The monoisotopic (exact) mass is 377 g/mol. The van der Waals surface area contributed by atoms with E-state index >= 15 is 0 Å². The second-order valence-corrected chi connectivity index (χ2v) is 8.23. The zero-order valence-corrected chi connectivity index (χ0v) is 16.1. The number of aromatic nitrogens is 2. The van der Waals surface area contributed by atoms with Gasteiger partial charge in [0.15, 0.2) is 0 Å². The SMILES string of the molecule is Cc1cc(C(=O)N(CCC2CCSCC2)Cc2ccccc2Cl)n[nH]1. The van der Waals surface area contributed by atoms with Crippen LogP contribution in [0, 0.1) is 12.8 Å². The third-order valence-electron chi connectivity index (χ3n) is 4.68. The molecule has 0 radical (unpaired) electrons. The number of thioether (sulfide) groups is 1. The lowest BCUT2D eigenvalue weighted by Gasteiger charge is -2.27. The Balaban J connectivity index is 1.72. The van der Waals surface area contributed by atoms with E-state index in [2.05, 4.69) is 10.2 Å². The number of H-pyrrole nitrogens is 1. The number of aromatic amines is 1. The molecule has 2 aromatic rings. The summed E-state index contributed by atoms with van der Waals surface area (Å²) < 4.78 is 0. The minimum atomic E-state index is -0.0329. The third-order valence-corrected chi connectivity index (χ3v) is 6.10. The van der Waals surface area contributed by atoms with E-state index in [0.29, 0.717) is 23.2 Å². The summed E-state index contributed by atoms with van der Waals surface area (Å²) in [5.41, 5.74) is 2.35. The molecule has 0 aliphatic carbocycles. The molecule has 3 rings (SSSR count). The highest BCUT2D eigenvalue weighted by Gasteiger charge is 2.22. The summed E-state index contributed by atoms with van der Waals surface area (Å²) >= 11 is 8.34. The van der Waals surface area contributed by atoms with E-state index in [1.807, 2.05) is 47.9 Å². The van der Waals surface area contributed by atoms with Crippen LogP contribution in [0.2, 0.25) is 5.02 Å². The average Bonchev–Trinajstić information content (AvgIpc) is 3.07. The summed E-state index contributed by atoms with van der Waals surface area (Å²) in [7, 11) is 0. The molecule has 0 saturated carbocycles. The molecule has 25 heavy (non-hydrogen) atoms. The van der Waals surface area contributed by atoms with Crippen LogP contribution in [0.15, 0.2) is 30.3 Å². The molecule has 1 saturated heterocycles. The Labute approximate surface area is 158 Å². The van der Waals surface area contributed by atoms with Gasteiger partial charge in [0, 0.05) is 23.8 Å². The van der Waals surface area contributed by atoms with Crippen molar-refractivity contribution in [3.05, 3.63) is 52.3 Å². The fourth-order valence-electron chi connectivity index (χ4n) is 3.15. The summed E-state index contributed by atoms with van der Waals surface area (Å²) in [5.74, 6) is 3.15. The number of halogens is 1. The largest absolute Gasteiger partial charge is 0.333 e. The van der Waals surface area contributed by atoms with Crippen molar-refractivity contribution in [3.63, 3.8) is 0 Å². The first-order valence-corrected chi connectivity index (χ1v) is 10.3. The highest BCUT2D eigenvalue weighted by molar-refractivity contribution is 7.99. The molecule has 0 bridgehead atoms. The molecular weight excluding hydrogens is 354 g/mol. The minimum absolute atomic E-state index is 0.0329. The Morgan fingerprint density at radius 1 is 1.36 bits per heavy atom. The number of rotatable bonds is 6. The van der Waals surface area contributed by atoms with Gasteiger partial charge in [-0.1, -0.05) is 29.8 Å². The Bertz CT molecular complexity index is 712. The lowest BCUT2D eigenvalue weighted by atomic mass is 9.98. The highest BCUT2D eigenvalue weighted by Crippen LogP contribution is 2.26. The van der Waals surface area contributed by atoms with Crippen LogP contribution in [0.5, 0.6) is 0 Å². The molecule has 4 nitrogen and oxygen atoms in total. The molecule has 1 fully saturated rings. The van der Waals surface area contributed by atoms with Crippen molar-refractivity contribution in [1.29, 1.82) is 0 Å². The molecule has 0 atom stereocenters. The van der Waals surface area contributed by atoms with Gasteiger partial charge in [-0.25, -0.2) is 0 Å². The third kappa shape index (κ3) is 5.02. The van der Waals surface area contributed by atoms with Gasteiger partial charge in [-0.3, -0.25) is 9.89 Å². The average molecular weight is 378 g/mol. The number of amides is 1. The van der Waals surface area contributed by atoms with Crippen LogP contribution in [0.25, 0.3) is 0 Å². The zero-order valence-electron chi connectivity index (χ0n) is 14.5. The molecule has 1 aromatic heterocycles. The van der Waals surface area contributed by atoms with E-state index in [0.717, 1.165) is 24.2 Å². The lowest BCUT2D eigenvalue weighted by molar-refractivity contribution is 0.0726. The number of carbonyl (C=O) groups is 1. The van der Waals surface area contributed by atoms with Crippen LogP contribution in [0.3, 0.4) is 0 Å². The topological polar surface area (TPSA) is 49.0 Å². The molecule has 1 amide bonds. The Morgan fingerprint density at radius 2 is 2.12 bits per heavy atom. The van der Waals surface area contributed by atoms with Gasteiger partial charge >= 0.3 is 0 Å². The minimum Gasteiger partial charge on any atom is -0.333 e. The van der Waals surface area contributed by atoms with Crippen molar-refractivity contribution < 1.29 is 4.79 Å². The Kier molecular flexibility index (Phi) is 6.43. The van der Waals surface area contributed by atoms with Crippen LogP contribution in [0.1, 0.15) is 41.0 Å². The zero-order chi connectivity index (χ0) is 17.6.